The minimum atomic E-state index is -2.65. The van der Waals surface area contributed by atoms with E-state index in [0.717, 1.165) is 0 Å². The van der Waals surface area contributed by atoms with Crippen molar-refractivity contribution in [1.29, 1.82) is 0 Å². The minimum absolute atomic E-state index is 0.00564. The van der Waals surface area contributed by atoms with Crippen LogP contribution in [0.5, 0.6) is 0 Å². The fraction of sp³-hybridized carbons (Fsp3) is 0.520. The molecule has 0 unspecified atom stereocenters. The Hall–Kier alpha value is -1.50. The van der Waals surface area contributed by atoms with Gasteiger partial charge < -0.3 is 18.6 Å². The van der Waals surface area contributed by atoms with Crippen LogP contribution in [0.4, 0.5) is 0 Å². The molecule has 0 saturated carbocycles. The molecule has 0 radical (unpaired) electrons. The van der Waals surface area contributed by atoms with Crippen molar-refractivity contribution in [3.05, 3.63) is 60.7 Å². The zero-order chi connectivity index (χ0) is 21.6. The Kier molecular flexibility index (Phi) is 5.70. The predicted molar refractivity (Wildman–Crippen MR) is 122 cm³/mol. The quantitative estimate of drug-likeness (QED) is 0.663. The molecule has 162 valence electrons. The average Bonchev–Trinajstić information content (AvgIpc) is 3.15. The van der Waals surface area contributed by atoms with Gasteiger partial charge in [0, 0.05) is 7.11 Å². The lowest BCUT2D eigenvalue weighted by atomic mass is 9.94. The first kappa shape index (κ1) is 21.7. The first-order valence-electron chi connectivity index (χ1n) is 10.9. The van der Waals surface area contributed by atoms with Crippen molar-refractivity contribution >= 4 is 18.7 Å². The molecule has 0 aliphatic carbocycles. The standard InChI is InChI=1S/C25H34O4Si/c1-18-22-23(26-6)25(29-18,19(2)28-22)17-27-30(24(3,4)5,20-13-9-7-10-14-20)21-15-11-8-12-16-21/h7-16,18-19,22-23H,17H2,1-6H3/t18-,19+,22-,23-,25-/m0/s1. The van der Waals surface area contributed by atoms with E-state index in [1.54, 1.807) is 7.11 Å². The van der Waals surface area contributed by atoms with Crippen molar-refractivity contribution in [3.63, 3.8) is 0 Å². The van der Waals surface area contributed by atoms with Crippen molar-refractivity contribution in [2.45, 2.75) is 69.7 Å². The molecule has 4 nitrogen and oxygen atoms in total. The summed E-state index contributed by atoms with van der Waals surface area (Å²) in [6.07, 6.45) is -0.260. The summed E-state index contributed by atoms with van der Waals surface area (Å²) < 4.78 is 25.8. The molecule has 5 heteroatoms. The maximum atomic E-state index is 7.18. The topological polar surface area (TPSA) is 36.9 Å². The maximum Gasteiger partial charge on any atom is 0.261 e. The first-order chi connectivity index (χ1) is 14.3. The van der Waals surface area contributed by atoms with Gasteiger partial charge in [-0.15, -0.1) is 0 Å². The molecule has 2 aliphatic rings. The summed E-state index contributed by atoms with van der Waals surface area (Å²) in [5.41, 5.74) is -0.591. The Morgan fingerprint density at radius 3 is 1.93 bits per heavy atom. The van der Waals surface area contributed by atoms with Crippen LogP contribution in [-0.4, -0.2) is 52.1 Å². The lowest BCUT2D eigenvalue weighted by Gasteiger charge is -2.46. The Morgan fingerprint density at radius 2 is 1.47 bits per heavy atom. The summed E-state index contributed by atoms with van der Waals surface area (Å²) in [4.78, 5) is 0. The van der Waals surface area contributed by atoms with Gasteiger partial charge in [-0.2, -0.15) is 0 Å². The van der Waals surface area contributed by atoms with E-state index in [2.05, 4.69) is 95.3 Å². The molecular weight excluding hydrogens is 392 g/mol. The van der Waals surface area contributed by atoms with Gasteiger partial charge in [0.1, 0.15) is 17.8 Å². The number of rotatable bonds is 6. The number of fused-ring (bicyclic) bond motifs is 2. The van der Waals surface area contributed by atoms with Crippen LogP contribution in [0.3, 0.4) is 0 Å². The fourth-order valence-corrected chi connectivity index (χ4v) is 10.0. The van der Waals surface area contributed by atoms with Crippen LogP contribution in [0.2, 0.25) is 5.04 Å². The maximum absolute atomic E-state index is 7.18. The molecule has 2 fully saturated rings. The third-order valence-corrected chi connectivity index (χ3v) is 11.9. The normalized spacial score (nSPS) is 31.3. The summed E-state index contributed by atoms with van der Waals surface area (Å²) in [6, 6.07) is 21.4. The van der Waals surface area contributed by atoms with Crippen LogP contribution >= 0.6 is 0 Å². The molecule has 0 aromatic heterocycles. The molecule has 2 bridgehead atoms. The summed E-state index contributed by atoms with van der Waals surface area (Å²) >= 11 is 0. The molecule has 5 atom stereocenters. The zero-order valence-corrected chi connectivity index (χ0v) is 19.9. The second-order valence-electron chi connectivity index (χ2n) is 9.63. The van der Waals surface area contributed by atoms with Crippen LogP contribution in [0.15, 0.2) is 60.7 Å². The largest absolute Gasteiger partial charge is 0.404 e. The highest BCUT2D eigenvalue weighted by molar-refractivity contribution is 6.99. The Labute approximate surface area is 181 Å². The van der Waals surface area contributed by atoms with Gasteiger partial charge in [-0.05, 0) is 29.3 Å². The van der Waals surface area contributed by atoms with Gasteiger partial charge >= 0.3 is 0 Å². The van der Waals surface area contributed by atoms with E-state index in [1.165, 1.54) is 10.4 Å². The smallest absolute Gasteiger partial charge is 0.261 e. The van der Waals surface area contributed by atoms with Gasteiger partial charge in [0.2, 0.25) is 0 Å². The summed E-state index contributed by atoms with van der Waals surface area (Å²) in [6.45, 7) is 11.5. The highest BCUT2D eigenvalue weighted by Crippen LogP contribution is 2.47. The zero-order valence-electron chi connectivity index (χ0n) is 18.9. The summed E-state index contributed by atoms with van der Waals surface area (Å²) in [5, 5.41) is 2.45. The van der Waals surface area contributed by atoms with Crippen molar-refractivity contribution in [2.24, 2.45) is 0 Å². The molecule has 2 aliphatic heterocycles. The molecule has 4 rings (SSSR count). The van der Waals surface area contributed by atoms with E-state index in [-0.39, 0.29) is 29.5 Å². The lowest BCUT2D eigenvalue weighted by Crippen LogP contribution is -2.68. The van der Waals surface area contributed by atoms with E-state index < -0.39 is 13.9 Å². The molecular formula is C25H34O4Si. The Bertz CT molecular complexity index is 811. The third-order valence-electron chi connectivity index (χ3n) is 6.88. The first-order valence-corrected chi connectivity index (χ1v) is 12.8. The van der Waals surface area contributed by atoms with E-state index in [4.69, 9.17) is 18.6 Å². The lowest BCUT2D eigenvalue weighted by molar-refractivity contribution is -0.188. The third kappa shape index (κ3) is 3.19. The molecule has 0 amide bonds. The van der Waals surface area contributed by atoms with Crippen LogP contribution in [-0.2, 0) is 18.6 Å². The average molecular weight is 427 g/mol. The Balaban J connectivity index is 1.80. The van der Waals surface area contributed by atoms with E-state index in [1.807, 2.05) is 0 Å². The van der Waals surface area contributed by atoms with Crippen LogP contribution in [0.1, 0.15) is 34.6 Å². The summed E-state index contributed by atoms with van der Waals surface area (Å²) in [7, 11) is -0.899. The second-order valence-corrected chi connectivity index (χ2v) is 13.9. The second kappa shape index (κ2) is 7.88. The van der Waals surface area contributed by atoms with Gasteiger partial charge in [0.15, 0.2) is 0 Å². The Morgan fingerprint density at radius 1 is 0.933 bits per heavy atom. The number of benzene rings is 2. The highest BCUT2D eigenvalue weighted by atomic mass is 28.4. The van der Waals surface area contributed by atoms with Crippen molar-refractivity contribution in [1.82, 2.24) is 0 Å². The SMILES string of the molecule is CO[C@H]1[C@H]2O[C@H](C)[C@]1(CO[Si](c1ccccc1)(c1ccccc1)C(C)(C)C)O[C@H]2C. The van der Waals surface area contributed by atoms with Crippen molar-refractivity contribution in [2.75, 3.05) is 13.7 Å². The van der Waals surface area contributed by atoms with Crippen molar-refractivity contribution < 1.29 is 18.6 Å². The molecule has 2 saturated heterocycles. The number of hydrogen-bond acceptors (Lipinski definition) is 4. The molecule has 2 heterocycles. The van der Waals surface area contributed by atoms with Gasteiger partial charge in [-0.1, -0.05) is 81.4 Å². The number of ether oxygens (including phenoxy) is 3. The number of methoxy groups -OCH3 is 1. The van der Waals surface area contributed by atoms with Crippen molar-refractivity contribution in [3.8, 4) is 0 Å². The van der Waals surface area contributed by atoms with Crippen LogP contribution in [0, 0.1) is 0 Å². The molecule has 2 aromatic rings. The molecule has 30 heavy (non-hydrogen) atoms. The molecule has 2 aromatic carbocycles. The van der Waals surface area contributed by atoms with Gasteiger partial charge in [-0.3, -0.25) is 0 Å². The highest BCUT2D eigenvalue weighted by Gasteiger charge is 2.66. The predicted octanol–water partition coefficient (Wildman–Crippen LogP) is 3.52. The number of hydrogen-bond donors (Lipinski definition) is 0. The van der Waals surface area contributed by atoms with Gasteiger partial charge in [-0.25, -0.2) is 0 Å². The fourth-order valence-electron chi connectivity index (χ4n) is 5.41. The van der Waals surface area contributed by atoms with E-state index >= 15 is 0 Å². The van der Waals surface area contributed by atoms with Gasteiger partial charge in [0.05, 0.1) is 18.8 Å². The minimum Gasteiger partial charge on any atom is -0.404 e. The van der Waals surface area contributed by atoms with Gasteiger partial charge in [0.25, 0.3) is 8.32 Å². The van der Waals surface area contributed by atoms with Crippen LogP contribution in [0.25, 0.3) is 0 Å². The molecule has 0 spiro atoms. The monoisotopic (exact) mass is 426 g/mol. The van der Waals surface area contributed by atoms with Crippen LogP contribution < -0.4 is 10.4 Å². The van der Waals surface area contributed by atoms with E-state index in [9.17, 15) is 0 Å². The molecule has 0 N–H and O–H groups in total. The van der Waals surface area contributed by atoms with E-state index in [0.29, 0.717) is 6.61 Å². The summed E-state index contributed by atoms with van der Waals surface area (Å²) in [5.74, 6) is 0.